The van der Waals surface area contributed by atoms with E-state index in [0.29, 0.717) is 24.1 Å². The first-order chi connectivity index (χ1) is 11.7. The third-order valence-corrected chi connectivity index (χ3v) is 4.99. The number of hydrogen-bond donors (Lipinski definition) is 1. The van der Waals surface area contributed by atoms with Gasteiger partial charge in [0, 0.05) is 31.6 Å². The Morgan fingerprint density at radius 1 is 1.46 bits per heavy atom. The number of nitrogens with one attached hydrogen (secondary N) is 1. The average Bonchev–Trinajstić information content (AvgIpc) is 3.21. The van der Waals surface area contributed by atoms with Crippen LogP contribution in [-0.2, 0) is 11.2 Å². The highest BCUT2D eigenvalue weighted by Gasteiger charge is 2.42. The Bertz CT molecular complexity index is 717. The van der Waals surface area contributed by atoms with E-state index in [2.05, 4.69) is 20.2 Å². The summed E-state index contributed by atoms with van der Waals surface area (Å²) >= 11 is 0. The quantitative estimate of drug-likeness (QED) is 0.916. The molecule has 2 aliphatic heterocycles. The number of nitrogens with zero attached hydrogens (tertiary/aromatic N) is 4. The van der Waals surface area contributed by atoms with Gasteiger partial charge in [-0.3, -0.25) is 14.9 Å². The van der Waals surface area contributed by atoms with E-state index in [1.165, 1.54) is 0 Å². The van der Waals surface area contributed by atoms with E-state index < -0.39 is 0 Å². The predicted octanol–water partition coefficient (Wildman–Crippen LogP) is 1.23. The number of ether oxygens (including phenoxy) is 1. The molecule has 4 heterocycles. The van der Waals surface area contributed by atoms with Gasteiger partial charge in [-0.15, -0.1) is 0 Å². The van der Waals surface area contributed by atoms with E-state index in [1.807, 2.05) is 24.0 Å². The molecule has 4 rings (SSSR count). The van der Waals surface area contributed by atoms with Gasteiger partial charge in [-0.1, -0.05) is 6.07 Å². The number of rotatable bonds is 3. The number of fused-ring (bicyclic) bond motifs is 1. The van der Waals surface area contributed by atoms with Crippen molar-refractivity contribution in [3.8, 4) is 0 Å². The molecule has 0 spiro atoms. The van der Waals surface area contributed by atoms with Crippen LogP contribution in [-0.4, -0.2) is 56.8 Å². The van der Waals surface area contributed by atoms with Crippen LogP contribution in [0.15, 0.2) is 24.4 Å². The molecule has 7 nitrogen and oxygen atoms in total. The maximum atomic E-state index is 12.6. The Hall–Kier alpha value is -2.28. The minimum atomic E-state index is 0.0158. The minimum Gasteiger partial charge on any atom is -0.377 e. The second-order valence-electron chi connectivity index (χ2n) is 6.59. The summed E-state index contributed by atoms with van der Waals surface area (Å²) in [7, 11) is 0. The van der Waals surface area contributed by atoms with Crippen LogP contribution < -0.4 is 0 Å². The molecule has 0 aromatic carbocycles. The molecule has 2 fully saturated rings. The molecule has 0 unspecified atom stereocenters. The number of H-pyrrole nitrogens is 1. The fraction of sp³-hybridized carbons (Fsp3) is 0.529. The van der Waals surface area contributed by atoms with Crippen LogP contribution in [0.3, 0.4) is 0 Å². The molecule has 7 heteroatoms. The van der Waals surface area contributed by atoms with Crippen molar-refractivity contribution in [3.63, 3.8) is 0 Å². The van der Waals surface area contributed by atoms with Crippen molar-refractivity contribution in [2.45, 2.75) is 25.9 Å². The molecule has 2 aromatic heterocycles. The summed E-state index contributed by atoms with van der Waals surface area (Å²) in [6.45, 7) is 4.09. The van der Waals surface area contributed by atoms with Gasteiger partial charge in [0.15, 0.2) is 5.82 Å². The Balaban J connectivity index is 1.40. The molecule has 0 bridgehead atoms. The fourth-order valence-electron chi connectivity index (χ4n) is 3.79. The van der Waals surface area contributed by atoms with Crippen molar-refractivity contribution in [1.82, 2.24) is 25.1 Å². The Labute approximate surface area is 140 Å². The summed E-state index contributed by atoms with van der Waals surface area (Å²) in [6, 6.07) is 5.44. The standard InChI is InChI=1S/C17H21N5O2/c1-11-19-16(21-20-11)8-15-13-5-7-22(9-12(13)10-24-15)17(23)14-4-2-3-6-18-14/h2-4,6,12-13,15H,5,7-10H2,1H3,(H,19,20,21)/t12-,13-,15+/m1/s1. The molecule has 0 saturated carbocycles. The third kappa shape index (κ3) is 2.91. The number of piperidine rings is 1. The molecule has 2 saturated heterocycles. The van der Waals surface area contributed by atoms with Crippen LogP contribution >= 0.6 is 0 Å². The topological polar surface area (TPSA) is 84.0 Å². The number of pyridine rings is 1. The van der Waals surface area contributed by atoms with Gasteiger partial charge in [-0.2, -0.15) is 5.10 Å². The monoisotopic (exact) mass is 327 g/mol. The van der Waals surface area contributed by atoms with Crippen molar-refractivity contribution in [2.24, 2.45) is 11.8 Å². The molecule has 3 atom stereocenters. The number of carbonyl (C=O) groups is 1. The van der Waals surface area contributed by atoms with Crippen molar-refractivity contribution >= 4 is 5.91 Å². The van der Waals surface area contributed by atoms with Gasteiger partial charge < -0.3 is 9.64 Å². The largest absolute Gasteiger partial charge is 0.377 e. The molecule has 0 radical (unpaired) electrons. The number of aryl methyl sites for hydroxylation is 1. The average molecular weight is 327 g/mol. The van der Waals surface area contributed by atoms with Crippen molar-refractivity contribution in [1.29, 1.82) is 0 Å². The van der Waals surface area contributed by atoms with Crippen molar-refractivity contribution < 1.29 is 9.53 Å². The number of amides is 1. The highest BCUT2D eigenvalue weighted by Crippen LogP contribution is 2.35. The second kappa shape index (κ2) is 6.32. The van der Waals surface area contributed by atoms with Gasteiger partial charge in [-0.05, 0) is 31.4 Å². The summed E-state index contributed by atoms with van der Waals surface area (Å²) in [4.78, 5) is 23.0. The molecule has 1 amide bonds. The van der Waals surface area contributed by atoms with Crippen molar-refractivity contribution in [3.05, 3.63) is 41.7 Å². The van der Waals surface area contributed by atoms with Crippen LogP contribution in [0.1, 0.15) is 28.6 Å². The number of aromatic amines is 1. The minimum absolute atomic E-state index is 0.0158. The molecular weight excluding hydrogens is 306 g/mol. The number of carbonyl (C=O) groups excluding carboxylic acids is 1. The molecule has 0 aliphatic carbocycles. The van der Waals surface area contributed by atoms with Gasteiger partial charge in [0.25, 0.3) is 5.91 Å². The Morgan fingerprint density at radius 2 is 2.38 bits per heavy atom. The zero-order valence-corrected chi connectivity index (χ0v) is 13.7. The number of aromatic nitrogens is 4. The van der Waals surface area contributed by atoms with Gasteiger partial charge in [0.1, 0.15) is 11.5 Å². The predicted molar refractivity (Wildman–Crippen MR) is 86.3 cm³/mol. The lowest BCUT2D eigenvalue weighted by molar-refractivity contribution is 0.0604. The van der Waals surface area contributed by atoms with Gasteiger partial charge in [-0.25, -0.2) is 4.98 Å². The summed E-state index contributed by atoms with van der Waals surface area (Å²) in [5.41, 5.74) is 0.516. The van der Waals surface area contributed by atoms with Crippen LogP contribution in [0.25, 0.3) is 0 Å². The zero-order chi connectivity index (χ0) is 16.5. The molecule has 2 aliphatic rings. The highest BCUT2D eigenvalue weighted by atomic mass is 16.5. The summed E-state index contributed by atoms with van der Waals surface area (Å²) in [6.07, 6.45) is 3.50. The van der Waals surface area contributed by atoms with E-state index in [-0.39, 0.29) is 12.0 Å². The Kier molecular flexibility index (Phi) is 4.02. The van der Waals surface area contributed by atoms with Crippen LogP contribution in [0, 0.1) is 18.8 Å². The van der Waals surface area contributed by atoms with Gasteiger partial charge in [0.2, 0.25) is 0 Å². The smallest absolute Gasteiger partial charge is 0.272 e. The third-order valence-electron chi connectivity index (χ3n) is 4.99. The van der Waals surface area contributed by atoms with Crippen LogP contribution in [0.5, 0.6) is 0 Å². The number of likely N-dealkylation sites (tertiary alicyclic amines) is 1. The van der Waals surface area contributed by atoms with E-state index in [0.717, 1.165) is 37.6 Å². The normalized spacial score (nSPS) is 26.4. The van der Waals surface area contributed by atoms with E-state index in [4.69, 9.17) is 4.74 Å². The SMILES string of the molecule is Cc1nc(C[C@@H]2OC[C@H]3CN(C(=O)c4ccccn4)CC[C@H]32)n[nH]1. The van der Waals surface area contributed by atoms with Crippen LogP contribution in [0.2, 0.25) is 0 Å². The molecule has 126 valence electrons. The van der Waals surface area contributed by atoms with Crippen molar-refractivity contribution in [2.75, 3.05) is 19.7 Å². The summed E-state index contributed by atoms with van der Waals surface area (Å²) in [5.74, 6) is 2.51. The first-order valence-electron chi connectivity index (χ1n) is 8.40. The second-order valence-corrected chi connectivity index (χ2v) is 6.59. The maximum Gasteiger partial charge on any atom is 0.272 e. The lowest BCUT2D eigenvalue weighted by Gasteiger charge is -2.35. The summed E-state index contributed by atoms with van der Waals surface area (Å²) in [5, 5.41) is 7.09. The van der Waals surface area contributed by atoms with Gasteiger partial charge in [0.05, 0.1) is 12.7 Å². The lowest BCUT2D eigenvalue weighted by atomic mass is 9.83. The zero-order valence-electron chi connectivity index (χ0n) is 13.7. The first kappa shape index (κ1) is 15.3. The maximum absolute atomic E-state index is 12.6. The molecule has 1 N–H and O–H groups in total. The van der Waals surface area contributed by atoms with Crippen LogP contribution in [0.4, 0.5) is 0 Å². The van der Waals surface area contributed by atoms with E-state index >= 15 is 0 Å². The fourth-order valence-corrected chi connectivity index (χ4v) is 3.79. The first-order valence-corrected chi connectivity index (χ1v) is 8.40. The summed E-state index contributed by atoms with van der Waals surface area (Å²) < 4.78 is 6.00. The van der Waals surface area contributed by atoms with E-state index in [1.54, 1.807) is 12.3 Å². The molecule has 2 aromatic rings. The van der Waals surface area contributed by atoms with Gasteiger partial charge >= 0.3 is 0 Å². The highest BCUT2D eigenvalue weighted by molar-refractivity contribution is 5.92. The lowest BCUT2D eigenvalue weighted by Crippen LogP contribution is -2.45. The molecular formula is C17H21N5O2. The Morgan fingerprint density at radius 3 is 3.12 bits per heavy atom. The van der Waals surface area contributed by atoms with E-state index in [9.17, 15) is 4.79 Å². The number of hydrogen-bond acceptors (Lipinski definition) is 5. The molecule has 24 heavy (non-hydrogen) atoms.